The molecule has 0 saturated carbocycles. The fourth-order valence-electron chi connectivity index (χ4n) is 4.64. The van der Waals surface area contributed by atoms with Crippen molar-refractivity contribution in [2.75, 3.05) is 41.8 Å². The molecule has 0 bridgehead atoms. The van der Waals surface area contributed by atoms with E-state index in [1.54, 1.807) is 4.90 Å². The van der Waals surface area contributed by atoms with E-state index < -0.39 is 0 Å². The van der Waals surface area contributed by atoms with E-state index in [0.717, 1.165) is 73.7 Å². The van der Waals surface area contributed by atoms with Gasteiger partial charge in [-0.15, -0.1) is 10.2 Å². The van der Waals surface area contributed by atoms with E-state index in [4.69, 9.17) is 10.00 Å². The van der Waals surface area contributed by atoms with Crippen LogP contribution in [-0.4, -0.2) is 58.8 Å². The van der Waals surface area contributed by atoms with Crippen molar-refractivity contribution >= 4 is 29.3 Å². The van der Waals surface area contributed by atoms with Crippen LogP contribution in [0.4, 0.5) is 11.6 Å². The summed E-state index contributed by atoms with van der Waals surface area (Å²) in [6, 6.07) is 8.17. The number of amides is 1. The molecule has 1 atom stereocenters. The Kier molecular flexibility index (Phi) is 8.69. The Labute approximate surface area is 212 Å². The van der Waals surface area contributed by atoms with Crippen molar-refractivity contribution in [3.63, 3.8) is 0 Å². The van der Waals surface area contributed by atoms with Gasteiger partial charge in [0.2, 0.25) is 11.9 Å². The highest BCUT2D eigenvalue weighted by Gasteiger charge is 2.27. The fourth-order valence-corrected chi connectivity index (χ4v) is 5.46. The van der Waals surface area contributed by atoms with Gasteiger partial charge in [0.1, 0.15) is 0 Å². The SMILES string of the molecule is Cc1ccc(N(CCC#N)C(=O)CSc2nnc(N3CCC(C)CC3)n2CC2CCCO2)cc1C. The van der Waals surface area contributed by atoms with Gasteiger partial charge >= 0.3 is 0 Å². The smallest absolute Gasteiger partial charge is 0.237 e. The van der Waals surface area contributed by atoms with E-state index in [2.05, 4.69) is 39.6 Å². The van der Waals surface area contributed by atoms with E-state index in [9.17, 15) is 4.79 Å². The highest BCUT2D eigenvalue weighted by atomic mass is 32.2. The molecule has 8 nitrogen and oxygen atoms in total. The maximum absolute atomic E-state index is 13.3. The molecule has 1 aromatic heterocycles. The van der Waals surface area contributed by atoms with E-state index >= 15 is 0 Å². The number of rotatable bonds is 9. The molecule has 3 heterocycles. The molecule has 2 aromatic rings. The highest BCUT2D eigenvalue weighted by Crippen LogP contribution is 2.29. The first-order valence-electron chi connectivity index (χ1n) is 12.6. The van der Waals surface area contributed by atoms with Crippen molar-refractivity contribution < 1.29 is 9.53 Å². The van der Waals surface area contributed by atoms with Gasteiger partial charge in [0.05, 0.1) is 30.9 Å². The van der Waals surface area contributed by atoms with Crippen LogP contribution in [0.2, 0.25) is 0 Å². The maximum atomic E-state index is 13.3. The van der Waals surface area contributed by atoms with Gasteiger partial charge in [0.25, 0.3) is 0 Å². The van der Waals surface area contributed by atoms with Crippen molar-refractivity contribution in [3.05, 3.63) is 29.3 Å². The van der Waals surface area contributed by atoms with Gasteiger partial charge in [-0.25, -0.2) is 0 Å². The molecule has 2 aliphatic rings. The Morgan fingerprint density at radius 2 is 2.03 bits per heavy atom. The summed E-state index contributed by atoms with van der Waals surface area (Å²) in [7, 11) is 0. The summed E-state index contributed by atoms with van der Waals surface area (Å²) < 4.78 is 8.07. The first-order chi connectivity index (χ1) is 17.0. The summed E-state index contributed by atoms with van der Waals surface area (Å²) in [5, 5.41) is 18.9. The van der Waals surface area contributed by atoms with E-state index in [0.29, 0.717) is 13.1 Å². The van der Waals surface area contributed by atoms with Crippen molar-refractivity contribution in [3.8, 4) is 6.07 Å². The van der Waals surface area contributed by atoms with Gasteiger partial charge in [-0.3, -0.25) is 9.36 Å². The summed E-state index contributed by atoms with van der Waals surface area (Å²) in [6.45, 7) is 10.2. The van der Waals surface area contributed by atoms with Crippen molar-refractivity contribution in [1.82, 2.24) is 14.8 Å². The van der Waals surface area contributed by atoms with Gasteiger partial charge in [-0.05, 0) is 68.7 Å². The molecule has 9 heteroatoms. The number of ether oxygens (including phenoxy) is 1. The van der Waals surface area contributed by atoms with E-state index in [-0.39, 0.29) is 24.2 Å². The van der Waals surface area contributed by atoms with Crippen molar-refractivity contribution in [1.29, 1.82) is 5.26 Å². The molecule has 4 rings (SSSR count). The summed E-state index contributed by atoms with van der Waals surface area (Å²) >= 11 is 1.42. The van der Waals surface area contributed by atoms with Crippen LogP contribution in [-0.2, 0) is 16.1 Å². The fraction of sp³-hybridized carbons (Fsp3) is 0.615. The van der Waals surface area contributed by atoms with Gasteiger partial charge in [0, 0.05) is 31.9 Å². The summed E-state index contributed by atoms with van der Waals surface area (Å²) in [5.41, 5.74) is 3.14. The van der Waals surface area contributed by atoms with Gasteiger partial charge in [0.15, 0.2) is 5.16 Å². The van der Waals surface area contributed by atoms with Crippen LogP contribution in [0.15, 0.2) is 23.4 Å². The van der Waals surface area contributed by atoms with Crippen LogP contribution in [0.3, 0.4) is 0 Å². The van der Waals surface area contributed by atoms with Crippen LogP contribution < -0.4 is 9.80 Å². The molecular weight excluding hydrogens is 460 g/mol. The lowest BCUT2D eigenvalue weighted by Crippen LogP contribution is -2.35. The number of carbonyl (C=O) groups excluding carboxylic acids is 1. The molecule has 0 N–H and O–H groups in total. The first-order valence-corrected chi connectivity index (χ1v) is 13.6. The Balaban J connectivity index is 1.51. The molecule has 2 saturated heterocycles. The number of thioether (sulfide) groups is 1. The number of aryl methyl sites for hydroxylation is 2. The van der Waals surface area contributed by atoms with Crippen LogP contribution in [0.5, 0.6) is 0 Å². The third-order valence-electron chi connectivity index (χ3n) is 7.05. The topological polar surface area (TPSA) is 87.3 Å². The Morgan fingerprint density at radius 3 is 2.71 bits per heavy atom. The lowest BCUT2D eigenvalue weighted by atomic mass is 10.00. The molecule has 0 aliphatic carbocycles. The molecule has 1 aromatic carbocycles. The number of anilines is 2. The zero-order valence-corrected chi connectivity index (χ0v) is 21.9. The number of aromatic nitrogens is 3. The molecule has 1 unspecified atom stereocenters. The Bertz CT molecular complexity index is 1050. The largest absolute Gasteiger partial charge is 0.376 e. The molecule has 1 amide bonds. The minimum absolute atomic E-state index is 0.0338. The minimum Gasteiger partial charge on any atom is -0.376 e. The Morgan fingerprint density at radius 1 is 1.23 bits per heavy atom. The predicted octanol–water partition coefficient (Wildman–Crippen LogP) is 4.35. The monoisotopic (exact) mass is 496 g/mol. The van der Waals surface area contributed by atoms with Crippen LogP contribution in [0.25, 0.3) is 0 Å². The first kappa shape index (κ1) is 25.5. The van der Waals surface area contributed by atoms with Crippen molar-refractivity contribution in [2.45, 2.75) is 70.7 Å². The average Bonchev–Trinajstić information content (AvgIpc) is 3.51. The number of nitriles is 1. The molecule has 0 radical (unpaired) electrons. The number of benzene rings is 1. The third kappa shape index (κ3) is 6.36. The molecule has 35 heavy (non-hydrogen) atoms. The zero-order chi connectivity index (χ0) is 24.8. The van der Waals surface area contributed by atoms with Gasteiger partial charge < -0.3 is 14.5 Å². The van der Waals surface area contributed by atoms with Crippen LogP contribution >= 0.6 is 11.8 Å². The van der Waals surface area contributed by atoms with Gasteiger partial charge in [-0.1, -0.05) is 24.8 Å². The maximum Gasteiger partial charge on any atom is 0.237 e. The molecular formula is C26H36N6O2S. The second kappa shape index (κ2) is 11.9. The van der Waals surface area contributed by atoms with Crippen LogP contribution in [0, 0.1) is 31.1 Å². The van der Waals surface area contributed by atoms with E-state index in [1.807, 2.05) is 25.1 Å². The van der Waals surface area contributed by atoms with Gasteiger partial charge in [-0.2, -0.15) is 5.26 Å². The summed E-state index contributed by atoms with van der Waals surface area (Å²) in [6.07, 6.45) is 4.86. The lowest BCUT2D eigenvalue weighted by Gasteiger charge is -2.31. The van der Waals surface area contributed by atoms with E-state index in [1.165, 1.54) is 17.3 Å². The Hall–Kier alpha value is -2.57. The molecule has 2 fully saturated rings. The number of hydrogen-bond donors (Lipinski definition) is 0. The number of nitrogens with zero attached hydrogens (tertiary/aromatic N) is 6. The normalized spacial score (nSPS) is 18.6. The summed E-state index contributed by atoms with van der Waals surface area (Å²) in [5.74, 6) is 1.82. The van der Waals surface area contributed by atoms with Crippen LogP contribution in [0.1, 0.15) is 50.2 Å². The average molecular weight is 497 g/mol. The zero-order valence-electron chi connectivity index (χ0n) is 21.1. The summed E-state index contributed by atoms with van der Waals surface area (Å²) in [4.78, 5) is 17.4. The second-order valence-electron chi connectivity index (χ2n) is 9.71. The predicted molar refractivity (Wildman–Crippen MR) is 139 cm³/mol. The molecule has 2 aliphatic heterocycles. The lowest BCUT2D eigenvalue weighted by molar-refractivity contribution is -0.116. The van der Waals surface area contributed by atoms with Crippen molar-refractivity contribution in [2.24, 2.45) is 5.92 Å². The molecule has 0 spiro atoms. The number of hydrogen-bond acceptors (Lipinski definition) is 7. The highest BCUT2D eigenvalue weighted by molar-refractivity contribution is 7.99. The number of piperidine rings is 1. The number of carbonyl (C=O) groups is 1. The second-order valence-corrected chi connectivity index (χ2v) is 10.7. The molecule has 188 valence electrons. The standard InChI is InChI=1S/C26H36N6O2S/c1-19-9-13-30(14-10-19)25-28-29-26(32(25)17-23-6-4-15-34-23)35-18-24(33)31(12-5-11-27)22-8-7-20(2)21(3)16-22/h7-8,16,19,23H,4-6,9-10,12-15,17-18H2,1-3H3. The third-order valence-corrected chi connectivity index (χ3v) is 8.00. The minimum atomic E-state index is -0.0338. The quantitative estimate of drug-likeness (QED) is 0.477.